The van der Waals surface area contributed by atoms with Crippen molar-refractivity contribution in [3.8, 4) is 11.1 Å². The maximum absolute atomic E-state index is 12.8. The number of benzene rings is 2. The number of ether oxygens (including phenoxy) is 2. The number of alkyl carbamates (subject to hydrolysis) is 1. The third-order valence-corrected chi connectivity index (χ3v) is 6.66. The van der Waals surface area contributed by atoms with Gasteiger partial charge in [-0.15, -0.1) is 0 Å². The van der Waals surface area contributed by atoms with Gasteiger partial charge in [-0.05, 0) is 55.4 Å². The Morgan fingerprint density at radius 3 is 2.29 bits per heavy atom. The Morgan fingerprint density at radius 2 is 1.71 bits per heavy atom. The first-order valence-electron chi connectivity index (χ1n) is 12.0. The van der Waals surface area contributed by atoms with Crippen molar-refractivity contribution in [3.05, 3.63) is 59.7 Å². The fraction of sp³-hybridized carbons (Fsp3) is 0.444. The number of aliphatic carboxylic acids is 1. The molecular weight excluding hydrogens is 448 g/mol. The van der Waals surface area contributed by atoms with Gasteiger partial charge in [0.1, 0.15) is 12.6 Å². The molecule has 1 aliphatic heterocycles. The molecule has 1 aliphatic carbocycles. The SMILES string of the molecule is CC1(C)CCC(CNC(=O)C(CCC(=O)O)NC(=O)OCC2c3ccccc3-c3ccccc32)O1. The van der Waals surface area contributed by atoms with E-state index in [-0.39, 0.29) is 37.1 Å². The summed E-state index contributed by atoms with van der Waals surface area (Å²) in [5, 5.41) is 14.4. The number of hydrogen-bond donors (Lipinski definition) is 3. The Balaban J connectivity index is 1.35. The van der Waals surface area contributed by atoms with Crippen molar-refractivity contribution in [2.24, 2.45) is 0 Å². The summed E-state index contributed by atoms with van der Waals surface area (Å²) in [6.45, 7) is 4.42. The van der Waals surface area contributed by atoms with Gasteiger partial charge in [0.05, 0.1) is 11.7 Å². The number of nitrogens with one attached hydrogen (secondary N) is 2. The molecule has 0 saturated carbocycles. The van der Waals surface area contributed by atoms with E-state index in [9.17, 15) is 14.4 Å². The molecule has 0 aromatic heterocycles. The number of fused-ring (bicyclic) bond motifs is 3. The molecule has 1 fully saturated rings. The quantitative estimate of drug-likeness (QED) is 0.503. The molecule has 186 valence electrons. The summed E-state index contributed by atoms with van der Waals surface area (Å²) in [4.78, 5) is 36.5. The lowest BCUT2D eigenvalue weighted by molar-refractivity contribution is -0.137. The van der Waals surface area contributed by atoms with Crippen molar-refractivity contribution < 1.29 is 29.0 Å². The van der Waals surface area contributed by atoms with E-state index in [1.807, 2.05) is 50.2 Å². The Hall–Kier alpha value is -3.39. The minimum atomic E-state index is -1.04. The topological polar surface area (TPSA) is 114 Å². The van der Waals surface area contributed by atoms with Gasteiger partial charge < -0.3 is 25.2 Å². The van der Waals surface area contributed by atoms with Gasteiger partial charge >= 0.3 is 12.1 Å². The van der Waals surface area contributed by atoms with Crippen LogP contribution in [0.3, 0.4) is 0 Å². The molecule has 2 aromatic carbocycles. The number of amides is 2. The molecule has 3 N–H and O–H groups in total. The molecule has 1 saturated heterocycles. The zero-order chi connectivity index (χ0) is 25.0. The first-order chi connectivity index (χ1) is 16.7. The van der Waals surface area contributed by atoms with E-state index in [1.165, 1.54) is 0 Å². The van der Waals surface area contributed by atoms with Crippen LogP contribution in [-0.2, 0) is 19.1 Å². The summed E-state index contributed by atoms with van der Waals surface area (Å²) >= 11 is 0. The molecule has 4 rings (SSSR count). The highest BCUT2D eigenvalue weighted by Gasteiger charge is 2.33. The first kappa shape index (κ1) is 24.7. The van der Waals surface area contributed by atoms with Gasteiger partial charge in [-0.3, -0.25) is 9.59 Å². The van der Waals surface area contributed by atoms with Crippen molar-refractivity contribution in [1.29, 1.82) is 0 Å². The largest absolute Gasteiger partial charge is 0.481 e. The minimum absolute atomic E-state index is 0.0393. The van der Waals surface area contributed by atoms with Gasteiger partial charge in [0, 0.05) is 18.9 Å². The van der Waals surface area contributed by atoms with Crippen molar-refractivity contribution in [2.45, 2.75) is 63.2 Å². The van der Waals surface area contributed by atoms with E-state index in [0.717, 1.165) is 35.1 Å². The summed E-state index contributed by atoms with van der Waals surface area (Å²) in [6.07, 6.45) is 0.567. The minimum Gasteiger partial charge on any atom is -0.481 e. The first-order valence-corrected chi connectivity index (χ1v) is 12.0. The molecule has 35 heavy (non-hydrogen) atoms. The highest BCUT2D eigenvalue weighted by atomic mass is 16.5. The Bertz CT molecular complexity index is 1050. The van der Waals surface area contributed by atoms with Crippen LogP contribution in [0.1, 0.15) is 56.6 Å². The van der Waals surface area contributed by atoms with Crippen LogP contribution in [0.25, 0.3) is 11.1 Å². The smallest absolute Gasteiger partial charge is 0.407 e. The van der Waals surface area contributed by atoms with Gasteiger partial charge in [0.15, 0.2) is 0 Å². The van der Waals surface area contributed by atoms with Crippen LogP contribution in [-0.4, -0.2) is 54.0 Å². The molecule has 2 unspecified atom stereocenters. The number of rotatable bonds is 9. The number of hydrogen-bond acceptors (Lipinski definition) is 5. The fourth-order valence-corrected chi connectivity index (χ4v) is 4.88. The lowest BCUT2D eigenvalue weighted by atomic mass is 9.98. The summed E-state index contributed by atoms with van der Waals surface area (Å²) < 4.78 is 11.4. The molecule has 8 nitrogen and oxygen atoms in total. The van der Waals surface area contributed by atoms with E-state index in [0.29, 0.717) is 6.54 Å². The second kappa shape index (κ2) is 10.5. The normalized spacial score (nSPS) is 18.9. The van der Waals surface area contributed by atoms with E-state index < -0.39 is 24.0 Å². The van der Waals surface area contributed by atoms with E-state index in [4.69, 9.17) is 14.6 Å². The van der Waals surface area contributed by atoms with Crippen LogP contribution in [0.4, 0.5) is 4.79 Å². The number of carboxylic acid groups (broad SMARTS) is 1. The van der Waals surface area contributed by atoms with Gasteiger partial charge in [0.2, 0.25) is 5.91 Å². The Kier molecular flexibility index (Phi) is 7.40. The molecular formula is C27H32N2O6. The second-order valence-electron chi connectivity index (χ2n) is 9.74. The number of carbonyl (C=O) groups is 3. The average Bonchev–Trinajstić information content (AvgIpc) is 3.35. The Morgan fingerprint density at radius 1 is 1.09 bits per heavy atom. The summed E-state index contributed by atoms with van der Waals surface area (Å²) in [5.41, 5.74) is 4.18. The lowest BCUT2D eigenvalue weighted by Gasteiger charge is -2.22. The maximum atomic E-state index is 12.8. The third-order valence-electron chi connectivity index (χ3n) is 6.66. The second-order valence-corrected chi connectivity index (χ2v) is 9.74. The molecule has 0 radical (unpaired) electrons. The van der Waals surface area contributed by atoms with Gasteiger partial charge in [-0.25, -0.2) is 4.79 Å². The maximum Gasteiger partial charge on any atom is 0.407 e. The van der Waals surface area contributed by atoms with Crippen molar-refractivity contribution in [2.75, 3.05) is 13.2 Å². The molecule has 2 atom stereocenters. The number of carbonyl (C=O) groups excluding carboxylic acids is 2. The van der Waals surface area contributed by atoms with E-state index in [1.54, 1.807) is 0 Å². The van der Waals surface area contributed by atoms with Crippen molar-refractivity contribution >= 4 is 18.0 Å². The highest BCUT2D eigenvalue weighted by molar-refractivity contribution is 5.86. The lowest BCUT2D eigenvalue weighted by Crippen LogP contribution is -2.48. The molecule has 0 bridgehead atoms. The van der Waals surface area contributed by atoms with Crippen molar-refractivity contribution in [3.63, 3.8) is 0 Å². The van der Waals surface area contributed by atoms with Crippen LogP contribution in [0.5, 0.6) is 0 Å². The van der Waals surface area contributed by atoms with Gasteiger partial charge in [0.25, 0.3) is 0 Å². The zero-order valence-electron chi connectivity index (χ0n) is 20.1. The van der Waals surface area contributed by atoms with E-state index >= 15 is 0 Å². The zero-order valence-corrected chi connectivity index (χ0v) is 20.1. The fourth-order valence-electron chi connectivity index (χ4n) is 4.88. The van der Waals surface area contributed by atoms with Crippen LogP contribution in [0.15, 0.2) is 48.5 Å². The van der Waals surface area contributed by atoms with Crippen LogP contribution in [0.2, 0.25) is 0 Å². The van der Waals surface area contributed by atoms with Crippen LogP contribution >= 0.6 is 0 Å². The van der Waals surface area contributed by atoms with Crippen molar-refractivity contribution in [1.82, 2.24) is 10.6 Å². The standard InChI is InChI=1S/C27H32N2O6/c1-27(2)14-13-17(35-27)15-28-25(32)23(11-12-24(30)31)29-26(33)34-16-22-20-9-5-3-7-18(20)19-8-4-6-10-21(19)22/h3-10,17,22-23H,11-16H2,1-2H3,(H,28,32)(H,29,33)(H,30,31). The summed E-state index contributed by atoms with van der Waals surface area (Å²) in [7, 11) is 0. The molecule has 2 amide bonds. The predicted molar refractivity (Wildman–Crippen MR) is 130 cm³/mol. The molecule has 0 spiro atoms. The monoisotopic (exact) mass is 480 g/mol. The van der Waals surface area contributed by atoms with Crippen LogP contribution in [0, 0.1) is 0 Å². The highest BCUT2D eigenvalue weighted by Crippen LogP contribution is 2.44. The molecule has 2 aromatic rings. The van der Waals surface area contributed by atoms with Gasteiger partial charge in [-0.2, -0.15) is 0 Å². The molecule has 2 aliphatic rings. The molecule has 1 heterocycles. The van der Waals surface area contributed by atoms with Crippen LogP contribution < -0.4 is 10.6 Å². The van der Waals surface area contributed by atoms with Gasteiger partial charge in [-0.1, -0.05) is 48.5 Å². The molecule has 8 heteroatoms. The van der Waals surface area contributed by atoms with E-state index in [2.05, 4.69) is 22.8 Å². The number of carboxylic acids is 1. The Labute approximate surface area is 205 Å². The summed E-state index contributed by atoms with van der Waals surface area (Å²) in [5.74, 6) is -1.60. The predicted octanol–water partition coefficient (Wildman–Crippen LogP) is 3.83. The summed E-state index contributed by atoms with van der Waals surface area (Å²) in [6, 6.07) is 15.0. The average molecular weight is 481 g/mol. The third kappa shape index (κ3) is 6.00.